The molecule has 214 valence electrons. The molecule has 0 aromatic heterocycles. The normalized spacial score (nSPS) is 37.4. The molecule has 0 aliphatic heterocycles. The summed E-state index contributed by atoms with van der Waals surface area (Å²) < 4.78 is 0. The monoisotopic (exact) mass is 536 g/mol. The van der Waals surface area contributed by atoms with Gasteiger partial charge in [0.25, 0.3) is 0 Å². The number of benzene rings is 2. The van der Waals surface area contributed by atoms with Gasteiger partial charge in [-0.25, -0.2) is 0 Å². The van der Waals surface area contributed by atoms with Gasteiger partial charge in [0.15, 0.2) is 0 Å². The molecule has 0 bridgehead atoms. The first kappa shape index (κ1) is 28.6. The summed E-state index contributed by atoms with van der Waals surface area (Å²) >= 11 is 0. The molecule has 0 heterocycles. The minimum absolute atomic E-state index is 0.623. The maximum absolute atomic E-state index is 2.69. The average molecular weight is 536 g/mol. The fourth-order valence-corrected chi connectivity index (χ4v) is 11.4. The third-order valence-corrected chi connectivity index (χ3v) is 12.6. The van der Waals surface area contributed by atoms with Crippen molar-refractivity contribution in [3.05, 3.63) is 71.8 Å². The zero-order valence-electron chi connectivity index (χ0n) is 26.3. The SMILES string of the molecule is C[C@@H]1CC2C(c3ccccc3)CCCC2C1B(B(C1C2CCCC(c3ccccc3)C2C[C@H]1C)N(C)C)N(C)C. The minimum atomic E-state index is 0.623. The Morgan fingerprint density at radius 1 is 0.525 bits per heavy atom. The lowest BCUT2D eigenvalue weighted by Crippen LogP contribution is -2.62. The van der Waals surface area contributed by atoms with E-state index in [0.717, 1.165) is 59.0 Å². The second kappa shape index (κ2) is 12.0. The molecule has 0 spiro atoms. The molecular weight excluding hydrogens is 482 g/mol. The zero-order valence-corrected chi connectivity index (χ0v) is 26.3. The van der Waals surface area contributed by atoms with Gasteiger partial charge in [0.2, 0.25) is 13.5 Å². The number of hydrogen-bond donors (Lipinski definition) is 0. The van der Waals surface area contributed by atoms with Gasteiger partial charge in [-0.05, 0) is 124 Å². The predicted octanol–water partition coefficient (Wildman–Crippen LogP) is 8.39. The molecule has 4 aliphatic carbocycles. The molecule has 0 N–H and O–H groups in total. The summed E-state index contributed by atoms with van der Waals surface area (Å²) in [5.41, 5.74) is 3.22. The van der Waals surface area contributed by atoms with E-state index in [-0.39, 0.29) is 0 Å². The van der Waals surface area contributed by atoms with Crippen molar-refractivity contribution in [2.45, 2.75) is 88.7 Å². The van der Waals surface area contributed by atoms with Crippen molar-refractivity contribution in [3.8, 4) is 0 Å². The number of rotatable bonds is 7. The first-order valence-electron chi connectivity index (χ1n) is 16.8. The highest BCUT2D eigenvalue weighted by molar-refractivity contribution is 7.21. The fraction of sp³-hybridized carbons (Fsp3) is 0.667. The van der Waals surface area contributed by atoms with Crippen molar-refractivity contribution < 1.29 is 0 Å². The van der Waals surface area contributed by atoms with Gasteiger partial charge in [-0.1, -0.05) is 100 Å². The summed E-state index contributed by atoms with van der Waals surface area (Å²) in [7, 11) is 9.68. The smallest absolute Gasteiger partial charge is 0.211 e. The van der Waals surface area contributed by atoms with Gasteiger partial charge in [0.05, 0.1) is 0 Å². The van der Waals surface area contributed by atoms with Crippen molar-refractivity contribution in [2.24, 2.45) is 35.5 Å². The van der Waals surface area contributed by atoms with Gasteiger partial charge in [0.1, 0.15) is 0 Å². The molecule has 8 unspecified atom stereocenters. The average Bonchev–Trinajstić information content (AvgIpc) is 3.47. The van der Waals surface area contributed by atoms with Crippen molar-refractivity contribution in [1.29, 1.82) is 0 Å². The first-order valence-corrected chi connectivity index (χ1v) is 16.8. The van der Waals surface area contributed by atoms with E-state index < -0.39 is 0 Å². The largest absolute Gasteiger partial charge is 0.352 e. The summed E-state index contributed by atoms with van der Waals surface area (Å²) in [6.07, 6.45) is 11.3. The molecule has 2 aromatic carbocycles. The van der Waals surface area contributed by atoms with Crippen LogP contribution in [0.2, 0.25) is 11.6 Å². The van der Waals surface area contributed by atoms with Crippen molar-refractivity contribution in [3.63, 3.8) is 0 Å². The number of fused-ring (bicyclic) bond motifs is 2. The van der Waals surface area contributed by atoms with Crippen LogP contribution in [0, 0.1) is 35.5 Å². The van der Waals surface area contributed by atoms with Gasteiger partial charge in [0, 0.05) is 0 Å². The summed E-state index contributed by atoms with van der Waals surface area (Å²) in [5, 5.41) is 0. The Morgan fingerprint density at radius 2 is 0.900 bits per heavy atom. The fourth-order valence-electron chi connectivity index (χ4n) is 11.4. The highest BCUT2D eigenvalue weighted by Crippen LogP contribution is 2.62. The molecule has 4 saturated carbocycles. The van der Waals surface area contributed by atoms with E-state index >= 15 is 0 Å². The van der Waals surface area contributed by atoms with E-state index in [4.69, 9.17) is 0 Å². The van der Waals surface area contributed by atoms with Crippen LogP contribution in [0.4, 0.5) is 0 Å². The molecule has 0 radical (unpaired) electrons. The quantitative estimate of drug-likeness (QED) is 0.328. The van der Waals surface area contributed by atoms with Crippen LogP contribution in [-0.4, -0.2) is 51.3 Å². The molecule has 4 fully saturated rings. The van der Waals surface area contributed by atoms with E-state index in [1.54, 1.807) is 11.1 Å². The van der Waals surface area contributed by atoms with Crippen LogP contribution in [0.5, 0.6) is 0 Å². The highest BCUT2D eigenvalue weighted by Gasteiger charge is 2.59. The molecule has 2 aromatic rings. The molecule has 2 nitrogen and oxygen atoms in total. The second-order valence-electron chi connectivity index (χ2n) is 15.0. The molecule has 0 amide bonds. The molecule has 4 heteroatoms. The van der Waals surface area contributed by atoms with E-state index in [1.165, 1.54) is 51.4 Å². The van der Waals surface area contributed by atoms with Crippen molar-refractivity contribution in [1.82, 2.24) is 9.62 Å². The minimum Gasteiger partial charge on any atom is -0.352 e. The first-order chi connectivity index (χ1) is 19.4. The number of hydrogen-bond acceptors (Lipinski definition) is 2. The van der Waals surface area contributed by atoms with E-state index in [1.807, 2.05) is 0 Å². The molecule has 10 atom stereocenters. The lowest BCUT2D eigenvalue weighted by atomic mass is 9.09. The number of nitrogens with zero attached hydrogens (tertiary/aromatic N) is 2. The Morgan fingerprint density at radius 3 is 1.25 bits per heavy atom. The van der Waals surface area contributed by atoms with Crippen LogP contribution in [0.25, 0.3) is 0 Å². The molecule has 40 heavy (non-hydrogen) atoms. The van der Waals surface area contributed by atoms with Crippen LogP contribution in [0.15, 0.2) is 60.7 Å². The molecule has 0 saturated heterocycles. The maximum Gasteiger partial charge on any atom is 0.211 e. The van der Waals surface area contributed by atoms with E-state index in [2.05, 4.69) is 112 Å². The lowest BCUT2D eigenvalue weighted by molar-refractivity contribution is 0.233. The van der Waals surface area contributed by atoms with E-state index in [0.29, 0.717) is 13.5 Å². The highest BCUT2D eigenvalue weighted by atomic mass is 15.0. The van der Waals surface area contributed by atoms with Gasteiger partial charge >= 0.3 is 0 Å². The lowest BCUT2D eigenvalue weighted by Gasteiger charge is -2.47. The molecular formula is C36H54B2N2. The van der Waals surface area contributed by atoms with Crippen LogP contribution in [-0.2, 0) is 0 Å². The van der Waals surface area contributed by atoms with Crippen molar-refractivity contribution in [2.75, 3.05) is 28.2 Å². The Hall–Kier alpha value is -1.51. The Balaban J connectivity index is 1.31. The third kappa shape index (κ3) is 5.15. The van der Waals surface area contributed by atoms with Gasteiger partial charge in [-0.3, -0.25) is 0 Å². The summed E-state index contributed by atoms with van der Waals surface area (Å²) in [5.74, 6) is 8.12. The third-order valence-electron chi connectivity index (χ3n) is 12.6. The van der Waals surface area contributed by atoms with Gasteiger partial charge < -0.3 is 9.62 Å². The van der Waals surface area contributed by atoms with E-state index in [9.17, 15) is 0 Å². The summed E-state index contributed by atoms with van der Waals surface area (Å²) in [6.45, 7) is 6.50. The standard InChI is InChI=1S/C36H54B2N2/c1-25-23-33-29(27-15-9-7-10-16-27)19-13-21-31(33)35(25)37(39(3)4)38(40(5)6)36-26(2)24-34-30(20-14-22-32(34)36)28-17-11-8-12-18-28/h7-12,15-18,25-26,29-36H,13-14,19-24H2,1-6H3/t25-,26-,29?,30?,31?,32?,33?,34?,35?,36?/m1/s1. The molecule has 6 rings (SSSR count). The predicted molar refractivity (Wildman–Crippen MR) is 174 cm³/mol. The van der Waals surface area contributed by atoms with Gasteiger partial charge in [-0.2, -0.15) is 0 Å². The molecule has 4 aliphatic rings. The zero-order chi connectivity index (χ0) is 28.0. The van der Waals surface area contributed by atoms with Crippen LogP contribution >= 0.6 is 0 Å². The van der Waals surface area contributed by atoms with Crippen LogP contribution < -0.4 is 0 Å². The summed E-state index contributed by atoms with van der Waals surface area (Å²) in [6, 6.07) is 23.1. The van der Waals surface area contributed by atoms with Crippen LogP contribution in [0.3, 0.4) is 0 Å². The summed E-state index contributed by atoms with van der Waals surface area (Å²) in [4.78, 5) is 5.38. The topological polar surface area (TPSA) is 6.48 Å². The Kier molecular flexibility index (Phi) is 8.58. The van der Waals surface area contributed by atoms with Crippen molar-refractivity contribution >= 4 is 13.5 Å². The van der Waals surface area contributed by atoms with Gasteiger partial charge in [-0.15, -0.1) is 0 Å². The Bertz CT molecular complexity index is 1000. The Labute approximate surface area is 246 Å². The second-order valence-corrected chi connectivity index (χ2v) is 15.0. The van der Waals surface area contributed by atoms with Crippen LogP contribution in [0.1, 0.15) is 88.2 Å². The maximum atomic E-state index is 2.69.